The first-order valence-electron chi connectivity index (χ1n) is 6.25. The Bertz CT molecular complexity index is 446. The van der Waals surface area contributed by atoms with Gasteiger partial charge in [0.05, 0.1) is 6.04 Å². The van der Waals surface area contributed by atoms with E-state index in [4.69, 9.17) is 5.73 Å². The Morgan fingerprint density at radius 3 is 2.28 bits per heavy atom. The topological polar surface area (TPSA) is 46.3 Å². The van der Waals surface area contributed by atoms with Crippen molar-refractivity contribution in [1.29, 1.82) is 0 Å². The molecule has 0 bridgehead atoms. The normalized spacial score (nSPS) is 13.3. The summed E-state index contributed by atoms with van der Waals surface area (Å²) in [6, 6.07) is 5.55. The van der Waals surface area contributed by atoms with E-state index >= 15 is 0 Å². The Hall–Kier alpha value is -1.35. The molecule has 3 nitrogen and oxygen atoms in total. The molecule has 0 fully saturated rings. The summed E-state index contributed by atoms with van der Waals surface area (Å²) >= 11 is 0. The van der Waals surface area contributed by atoms with Crippen LogP contribution in [0.4, 0.5) is 5.69 Å². The largest absolute Gasteiger partial charge is 0.319 e. The molecular formula is C15H24N2O. The Morgan fingerprint density at radius 2 is 1.83 bits per heavy atom. The van der Waals surface area contributed by atoms with Crippen LogP contribution in [-0.4, -0.2) is 19.0 Å². The van der Waals surface area contributed by atoms with Crippen LogP contribution < -0.4 is 10.6 Å². The van der Waals surface area contributed by atoms with Gasteiger partial charge in [0.15, 0.2) is 0 Å². The molecule has 1 amide bonds. The van der Waals surface area contributed by atoms with Crippen LogP contribution >= 0.6 is 0 Å². The predicted molar refractivity (Wildman–Crippen MR) is 76.8 cm³/mol. The van der Waals surface area contributed by atoms with Crippen molar-refractivity contribution in [3.63, 3.8) is 0 Å². The van der Waals surface area contributed by atoms with Crippen molar-refractivity contribution in [2.24, 2.45) is 11.1 Å². The second kappa shape index (κ2) is 5.11. The fourth-order valence-electron chi connectivity index (χ4n) is 1.88. The third-order valence-corrected chi connectivity index (χ3v) is 3.24. The summed E-state index contributed by atoms with van der Waals surface area (Å²) in [7, 11) is 1.78. The maximum Gasteiger partial charge on any atom is 0.244 e. The maximum atomic E-state index is 12.3. The lowest BCUT2D eigenvalue weighted by Gasteiger charge is -2.30. The molecular weight excluding hydrogens is 224 g/mol. The minimum absolute atomic E-state index is 0.0468. The first-order valence-corrected chi connectivity index (χ1v) is 6.25. The van der Waals surface area contributed by atoms with Gasteiger partial charge in [-0.05, 0) is 30.9 Å². The minimum atomic E-state index is -0.497. The highest BCUT2D eigenvalue weighted by Gasteiger charge is 2.30. The van der Waals surface area contributed by atoms with E-state index in [1.165, 1.54) is 5.56 Å². The molecule has 1 atom stereocenters. The van der Waals surface area contributed by atoms with E-state index in [1.807, 2.05) is 46.8 Å². The van der Waals surface area contributed by atoms with Gasteiger partial charge in [-0.1, -0.05) is 38.5 Å². The highest BCUT2D eigenvalue weighted by Crippen LogP contribution is 2.24. The summed E-state index contributed by atoms with van der Waals surface area (Å²) in [6.45, 7) is 9.98. The molecule has 0 aliphatic carbocycles. The first-order chi connectivity index (χ1) is 8.14. The van der Waals surface area contributed by atoms with E-state index in [1.54, 1.807) is 11.9 Å². The average molecular weight is 248 g/mol. The number of hydrogen-bond acceptors (Lipinski definition) is 2. The van der Waals surface area contributed by atoms with Crippen molar-refractivity contribution in [1.82, 2.24) is 0 Å². The van der Waals surface area contributed by atoms with Gasteiger partial charge in [0.25, 0.3) is 0 Å². The second-order valence-corrected chi connectivity index (χ2v) is 6.03. The summed E-state index contributed by atoms with van der Waals surface area (Å²) in [5.41, 5.74) is 8.99. The zero-order valence-electron chi connectivity index (χ0n) is 12.2. The minimum Gasteiger partial charge on any atom is -0.319 e. The first kappa shape index (κ1) is 14.7. The summed E-state index contributed by atoms with van der Waals surface area (Å²) in [5, 5.41) is 0. The van der Waals surface area contributed by atoms with Gasteiger partial charge in [0, 0.05) is 12.7 Å². The maximum absolute atomic E-state index is 12.3. The molecule has 2 N–H and O–H groups in total. The Kier molecular flexibility index (Phi) is 4.17. The van der Waals surface area contributed by atoms with Crippen molar-refractivity contribution in [2.45, 2.75) is 40.7 Å². The molecule has 0 unspecified atom stereocenters. The van der Waals surface area contributed by atoms with Crippen LogP contribution in [0.1, 0.15) is 31.9 Å². The number of rotatable bonds is 2. The van der Waals surface area contributed by atoms with Crippen LogP contribution in [0.2, 0.25) is 0 Å². The number of carbonyl (C=O) groups excluding carboxylic acids is 1. The van der Waals surface area contributed by atoms with Crippen LogP contribution in [-0.2, 0) is 4.79 Å². The van der Waals surface area contributed by atoms with Crippen LogP contribution in [0.5, 0.6) is 0 Å². The highest BCUT2D eigenvalue weighted by atomic mass is 16.2. The fourth-order valence-corrected chi connectivity index (χ4v) is 1.88. The third-order valence-electron chi connectivity index (χ3n) is 3.24. The zero-order valence-corrected chi connectivity index (χ0v) is 12.2. The number of likely N-dealkylation sites (N-methyl/N-ethyl adjacent to an activating group) is 1. The molecule has 0 aromatic heterocycles. The molecule has 3 heteroatoms. The third kappa shape index (κ3) is 3.10. The van der Waals surface area contributed by atoms with Gasteiger partial charge in [0.2, 0.25) is 5.91 Å². The molecule has 1 rings (SSSR count). The highest BCUT2D eigenvalue weighted by molar-refractivity contribution is 5.97. The van der Waals surface area contributed by atoms with Crippen LogP contribution in [0, 0.1) is 19.3 Å². The molecule has 0 saturated carbocycles. The lowest BCUT2D eigenvalue weighted by molar-refractivity contribution is -0.121. The molecule has 0 heterocycles. The number of anilines is 1. The number of nitrogens with zero attached hydrogens (tertiary/aromatic N) is 1. The fraction of sp³-hybridized carbons (Fsp3) is 0.533. The molecule has 0 spiro atoms. The molecule has 18 heavy (non-hydrogen) atoms. The van der Waals surface area contributed by atoms with Crippen LogP contribution in [0.25, 0.3) is 0 Å². The zero-order chi connectivity index (χ0) is 14.1. The number of amides is 1. The van der Waals surface area contributed by atoms with Gasteiger partial charge in [-0.15, -0.1) is 0 Å². The lowest BCUT2D eigenvalue weighted by atomic mass is 9.86. The average Bonchev–Trinajstić information content (AvgIpc) is 2.25. The van der Waals surface area contributed by atoms with Crippen molar-refractivity contribution >= 4 is 11.6 Å². The van der Waals surface area contributed by atoms with E-state index in [0.29, 0.717) is 0 Å². The van der Waals surface area contributed by atoms with Crippen LogP contribution in [0.3, 0.4) is 0 Å². The number of carbonyl (C=O) groups is 1. The molecule has 0 aliphatic heterocycles. The Morgan fingerprint density at radius 1 is 1.28 bits per heavy atom. The van der Waals surface area contributed by atoms with Gasteiger partial charge < -0.3 is 10.6 Å². The number of aryl methyl sites for hydroxylation is 2. The van der Waals surface area contributed by atoms with Gasteiger partial charge in [-0.2, -0.15) is 0 Å². The van der Waals surface area contributed by atoms with Gasteiger partial charge >= 0.3 is 0 Å². The summed E-state index contributed by atoms with van der Waals surface area (Å²) < 4.78 is 0. The Balaban J connectivity index is 3.00. The van der Waals surface area contributed by atoms with Crippen molar-refractivity contribution in [3.8, 4) is 0 Å². The quantitative estimate of drug-likeness (QED) is 0.874. The van der Waals surface area contributed by atoms with Gasteiger partial charge in [0.1, 0.15) is 0 Å². The molecule has 1 aromatic rings. The lowest BCUT2D eigenvalue weighted by Crippen LogP contribution is -2.49. The van der Waals surface area contributed by atoms with E-state index in [2.05, 4.69) is 6.07 Å². The smallest absolute Gasteiger partial charge is 0.244 e. The van der Waals surface area contributed by atoms with Crippen molar-refractivity contribution in [3.05, 3.63) is 29.3 Å². The van der Waals surface area contributed by atoms with Crippen molar-refractivity contribution < 1.29 is 4.79 Å². The number of benzene rings is 1. The second-order valence-electron chi connectivity index (χ2n) is 6.03. The monoisotopic (exact) mass is 248 g/mol. The van der Waals surface area contributed by atoms with E-state index < -0.39 is 6.04 Å². The summed E-state index contributed by atoms with van der Waals surface area (Å²) in [4.78, 5) is 14.0. The number of nitrogens with two attached hydrogens (primary N) is 1. The Labute approximate surface area is 110 Å². The van der Waals surface area contributed by atoms with E-state index in [9.17, 15) is 4.79 Å². The summed E-state index contributed by atoms with van der Waals surface area (Å²) in [5.74, 6) is -0.0468. The van der Waals surface area contributed by atoms with E-state index in [0.717, 1.165) is 11.3 Å². The molecule has 0 saturated heterocycles. The number of hydrogen-bond donors (Lipinski definition) is 1. The standard InChI is InChI=1S/C15H24N2O/c1-10-7-8-12(11(2)9-10)17(6)14(18)13(16)15(3,4)5/h7-9,13H,16H2,1-6H3/t13-/m1/s1. The SMILES string of the molecule is Cc1ccc(N(C)C(=O)[C@@H](N)C(C)(C)C)c(C)c1. The van der Waals surface area contributed by atoms with Crippen molar-refractivity contribution in [2.75, 3.05) is 11.9 Å². The van der Waals surface area contributed by atoms with Crippen LogP contribution in [0.15, 0.2) is 18.2 Å². The van der Waals surface area contributed by atoms with Gasteiger partial charge in [-0.3, -0.25) is 4.79 Å². The predicted octanol–water partition coefficient (Wildman–Crippen LogP) is 2.64. The molecule has 1 aromatic carbocycles. The molecule has 0 aliphatic rings. The molecule has 0 radical (unpaired) electrons. The van der Waals surface area contributed by atoms with Gasteiger partial charge in [-0.25, -0.2) is 0 Å². The molecule has 100 valence electrons. The van der Waals surface area contributed by atoms with E-state index in [-0.39, 0.29) is 11.3 Å². The summed E-state index contributed by atoms with van der Waals surface area (Å²) in [6.07, 6.45) is 0.